The van der Waals surface area contributed by atoms with Gasteiger partial charge in [0.05, 0.1) is 0 Å². The Morgan fingerprint density at radius 3 is 2.30 bits per heavy atom. The van der Waals surface area contributed by atoms with Gasteiger partial charge >= 0.3 is 0 Å². The Balaban J connectivity index is 1.18. The first-order valence-corrected chi connectivity index (χ1v) is 19.2. The normalized spacial score (nSPS) is 29.7. The zero-order chi connectivity index (χ0) is 31.3. The van der Waals surface area contributed by atoms with Gasteiger partial charge < -0.3 is 10.0 Å². The molecule has 2 heteroatoms. The average Bonchev–Trinajstić information content (AvgIpc) is 3.96. The summed E-state index contributed by atoms with van der Waals surface area (Å²) in [6.07, 6.45) is 7.44. The summed E-state index contributed by atoms with van der Waals surface area (Å²) in [4.78, 5) is 2.76. The fourth-order valence-electron chi connectivity index (χ4n) is 16.3. The fraction of sp³-hybridized carbons (Fsp3) is 0.250. The predicted molar refractivity (Wildman–Crippen MR) is 203 cm³/mol. The number of phenols is 1. The van der Waals surface area contributed by atoms with E-state index >= 15 is 0 Å². The van der Waals surface area contributed by atoms with Crippen molar-refractivity contribution in [2.45, 2.75) is 55.9 Å². The van der Waals surface area contributed by atoms with Gasteiger partial charge in [0.15, 0.2) is 0 Å². The molecule has 0 amide bonds. The van der Waals surface area contributed by atoms with Crippen LogP contribution in [0.3, 0.4) is 0 Å². The third-order valence-electron chi connectivity index (χ3n) is 17.3. The number of phenolic OH excluding ortho intramolecular Hbond substituents is 1. The summed E-state index contributed by atoms with van der Waals surface area (Å²) >= 11 is 0. The highest BCUT2D eigenvalue weighted by molar-refractivity contribution is 6.57. The first-order valence-electron chi connectivity index (χ1n) is 19.2. The van der Waals surface area contributed by atoms with Crippen molar-refractivity contribution in [3.8, 4) is 5.75 Å². The summed E-state index contributed by atoms with van der Waals surface area (Å²) in [6, 6.07) is 16.6. The van der Waals surface area contributed by atoms with Crippen LogP contribution in [0.1, 0.15) is 64.1 Å². The number of hydrogen-bond acceptors (Lipinski definition) is 2. The van der Waals surface area contributed by atoms with E-state index in [0.29, 0.717) is 35.5 Å². The zero-order valence-electron chi connectivity index (χ0n) is 27.4. The number of aromatic hydroxyl groups is 1. The molecule has 1 fully saturated rings. The van der Waals surface area contributed by atoms with Crippen molar-refractivity contribution in [3.05, 3.63) is 91.8 Å². The molecule has 50 heavy (non-hydrogen) atoms. The molecule has 1 N–H and O–H groups in total. The van der Waals surface area contributed by atoms with E-state index in [1.165, 1.54) is 23.9 Å². The summed E-state index contributed by atoms with van der Waals surface area (Å²) in [6.45, 7) is 3.68. The second-order valence-corrected chi connectivity index (χ2v) is 18.3. The predicted octanol–water partition coefficient (Wildman–Crippen LogP) is 8.75. The SMILES string of the molecule is CC1N(c2ccc(O)cc2)CC2C3CC4=c5c6c7c8c(c9c%10c(cc%11cc%12c%13c%14c%15c%16c(cc(c5c%16c7c%15c5c%13c%11c%10c85)C4)=CC%14C%12)CC921)C63. The standard InChI is InChI=1S/C48H27NO/c1-15-48-13-22-11-20-9-17-6-16-7-19-8-18-10-21-12-25(26(48)14-49(15)23-2-4-24(50)5-3-23)34-39-30(21)29(18)36-31(19)35-27(16)28(17)37-32(20)38-33(22)47(48)46(34)45-43(38)41(37)40(35)42(36)44(39)45/h2-5,7-9,11,15-16,25-26,34,50H,6,10,12-14H2,1H3. The van der Waals surface area contributed by atoms with Crippen LogP contribution in [-0.4, -0.2) is 17.7 Å². The van der Waals surface area contributed by atoms with Gasteiger partial charge in [-0.15, -0.1) is 0 Å². The maximum absolute atomic E-state index is 10.3. The van der Waals surface area contributed by atoms with Gasteiger partial charge in [0.2, 0.25) is 0 Å². The van der Waals surface area contributed by atoms with E-state index < -0.39 is 0 Å². The second kappa shape index (κ2) is 6.02. The summed E-state index contributed by atoms with van der Waals surface area (Å²) in [5.74, 6) is 2.59. The largest absolute Gasteiger partial charge is 0.508 e. The Morgan fingerprint density at radius 1 is 0.680 bits per heavy atom. The van der Waals surface area contributed by atoms with Crippen LogP contribution in [0.15, 0.2) is 42.5 Å². The fourth-order valence-corrected chi connectivity index (χ4v) is 16.3. The molecular formula is C48H27NO. The number of anilines is 1. The lowest BCUT2D eigenvalue weighted by molar-refractivity contribution is 0.184. The van der Waals surface area contributed by atoms with Gasteiger partial charge in [-0.05, 0) is 204 Å². The van der Waals surface area contributed by atoms with E-state index in [-0.39, 0.29) is 5.41 Å². The van der Waals surface area contributed by atoms with Crippen molar-refractivity contribution < 1.29 is 5.11 Å². The van der Waals surface area contributed by atoms with Crippen LogP contribution in [0, 0.1) is 11.8 Å². The molecule has 7 aliphatic carbocycles. The smallest absolute Gasteiger partial charge is 0.115 e. The van der Waals surface area contributed by atoms with Crippen LogP contribution in [0.2, 0.25) is 0 Å². The van der Waals surface area contributed by atoms with E-state index in [4.69, 9.17) is 0 Å². The molecule has 230 valence electrons. The molecule has 6 unspecified atom stereocenters. The van der Waals surface area contributed by atoms with Gasteiger partial charge in [-0.1, -0.05) is 29.8 Å². The molecule has 1 saturated heterocycles. The summed E-state index contributed by atoms with van der Waals surface area (Å²) < 4.78 is 0. The van der Waals surface area contributed by atoms with Crippen LogP contribution >= 0.6 is 0 Å². The third-order valence-corrected chi connectivity index (χ3v) is 17.3. The van der Waals surface area contributed by atoms with Gasteiger partial charge in [-0.25, -0.2) is 0 Å². The van der Waals surface area contributed by atoms with Gasteiger partial charge in [0.1, 0.15) is 5.75 Å². The van der Waals surface area contributed by atoms with Crippen LogP contribution in [0.4, 0.5) is 5.69 Å². The molecule has 0 radical (unpaired) electrons. The number of benzene rings is 8. The van der Waals surface area contributed by atoms with E-state index in [2.05, 4.69) is 48.2 Å². The van der Waals surface area contributed by atoms with Crippen molar-refractivity contribution >= 4 is 104 Å². The van der Waals surface area contributed by atoms with Crippen LogP contribution in [0.25, 0.3) is 97.8 Å². The Bertz CT molecular complexity index is 3620. The first-order chi connectivity index (χ1) is 24.6. The number of hydrogen-bond donors (Lipinski definition) is 1. The summed E-state index contributed by atoms with van der Waals surface area (Å²) in [5.41, 5.74) is 15.1. The van der Waals surface area contributed by atoms with Crippen molar-refractivity contribution in [1.82, 2.24) is 0 Å². The topological polar surface area (TPSA) is 23.5 Å². The second-order valence-electron chi connectivity index (χ2n) is 18.3. The Hall–Kier alpha value is -5.08. The number of rotatable bonds is 1. The van der Waals surface area contributed by atoms with Crippen LogP contribution in [-0.2, 0) is 24.7 Å². The van der Waals surface area contributed by atoms with Crippen molar-refractivity contribution in [3.63, 3.8) is 0 Å². The quantitative estimate of drug-likeness (QED) is 0.183. The van der Waals surface area contributed by atoms with Crippen LogP contribution < -0.4 is 15.3 Å². The molecule has 8 aliphatic rings. The van der Waals surface area contributed by atoms with Gasteiger partial charge in [-0.2, -0.15) is 0 Å². The lowest BCUT2D eigenvalue weighted by Crippen LogP contribution is -2.50. The lowest BCUT2D eigenvalue weighted by atomic mass is 9.53. The molecule has 1 aliphatic heterocycles. The first kappa shape index (κ1) is 22.6. The number of fused-ring (bicyclic) bond motifs is 1. The molecule has 2 nitrogen and oxygen atoms in total. The highest BCUT2D eigenvalue weighted by Crippen LogP contribution is 2.73. The van der Waals surface area contributed by atoms with E-state index in [9.17, 15) is 5.11 Å². The molecule has 10 aromatic rings. The number of nitrogens with zero attached hydrogens (tertiary/aromatic N) is 1. The minimum atomic E-state index is 0.0949. The Labute approximate surface area is 284 Å². The molecule has 18 rings (SSSR count). The average molecular weight is 634 g/mol. The van der Waals surface area contributed by atoms with E-state index in [1.807, 2.05) is 12.1 Å². The van der Waals surface area contributed by atoms with Crippen molar-refractivity contribution in [2.24, 2.45) is 11.8 Å². The molecule has 1 spiro atoms. The van der Waals surface area contributed by atoms with Gasteiger partial charge in [0, 0.05) is 35.5 Å². The van der Waals surface area contributed by atoms with E-state index in [1.54, 1.807) is 136 Å². The van der Waals surface area contributed by atoms with E-state index in [0.717, 1.165) is 19.4 Å². The zero-order valence-corrected chi connectivity index (χ0v) is 27.4. The molecule has 6 atom stereocenters. The summed E-state index contributed by atoms with van der Waals surface area (Å²) in [5, 5.41) is 40.0. The summed E-state index contributed by atoms with van der Waals surface area (Å²) in [7, 11) is 0. The molecule has 0 bridgehead atoms. The third kappa shape index (κ3) is 1.68. The Morgan fingerprint density at radius 2 is 1.42 bits per heavy atom. The maximum atomic E-state index is 10.3. The Kier molecular flexibility index (Phi) is 2.72. The van der Waals surface area contributed by atoms with Crippen LogP contribution in [0.5, 0.6) is 5.75 Å². The van der Waals surface area contributed by atoms with Crippen molar-refractivity contribution in [2.75, 3.05) is 11.4 Å². The molecule has 1 heterocycles. The van der Waals surface area contributed by atoms with Crippen molar-refractivity contribution in [1.29, 1.82) is 0 Å². The maximum Gasteiger partial charge on any atom is 0.115 e. The molecule has 0 aromatic heterocycles. The minimum Gasteiger partial charge on any atom is -0.508 e. The molecular weight excluding hydrogens is 607 g/mol. The van der Waals surface area contributed by atoms with Gasteiger partial charge in [0.25, 0.3) is 0 Å². The minimum absolute atomic E-state index is 0.0949. The lowest BCUT2D eigenvalue weighted by Gasteiger charge is -2.49. The highest BCUT2D eigenvalue weighted by Gasteiger charge is 2.66. The monoisotopic (exact) mass is 633 g/mol. The molecule has 0 saturated carbocycles. The highest BCUT2D eigenvalue weighted by atomic mass is 16.3. The van der Waals surface area contributed by atoms with Gasteiger partial charge in [-0.3, -0.25) is 0 Å². The molecule has 10 aromatic carbocycles.